The van der Waals surface area contributed by atoms with E-state index >= 15 is 0 Å². The van der Waals surface area contributed by atoms with Crippen LogP contribution in [-0.2, 0) is 4.79 Å². The van der Waals surface area contributed by atoms with Crippen molar-refractivity contribution < 1.29 is 9.90 Å². The Labute approximate surface area is 91.4 Å². The van der Waals surface area contributed by atoms with Gasteiger partial charge in [-0.2, -0.15) is 0 Å². The summed E-state index contributed by atoms with van der Waals surface area (Å²) in [6.07, 6.45) is 2.75. The Morgan fingerprint density at radius 3 is 3.00 bits per heavy atom. The van der Waals surface area contributed by atoms with E-state index in [1.165, 1.54) is 0 Å². The zero-order valence-electron chi connectivity index (χ0n) is 9.62. The van der Waals surface area contributed by atoms with Gasteiger partial charge in [0, 0.05) is 6.54 Å². The van der Waals surface area contributed by atoms with Crippen molar-refractivity contribution in [2.45, 2.75) is 45.3 Å². The summed E-state index contributed by atoms with van der Waals surface area (Å²) in [6.45, 7) is 5.10. The van der Waals surface area contributed by atoms with Crippen molar-refractivity contribution in [3.8, 4) is 0 Å². The van der Waals surface area contributed by atoms with Gasteiger partial charge in [-0.15, -0.1) is 0 Å². The molecule has 88 valence electrons. The fourth-order valence-corrected chi connectivity index (χ4v) is 1.94. The van der Waals surface area contributed by atoms with Crippen LogP contribution >= 0.6 is 0 Å². The van der Waals surface area contributed by atoms with Gasteiger partial charge in [0.15, 0.2) is 0 Å². The average molecular weight is 214 g/mol. The summed E-state index contributed by atoms with van der Waals surface area (Å²) in [4.78, 5) is 11.7. The van der Waals surface area contributed by atoms with E-state index in [1.807, 2.05) is 0 Å². The number of piperidine rings is 1. The molecule has 0 aromatic carbocycles. The smallest absolute Gasteiger partial charge is 0.237 e. The molecule has 0 bridgehead atoms. The van der Waals surface area contributed by atoms with Crippen LogP contribution in [0.4, 0.5) is 0 Å². The molecule has 1 aliphatic heterocycles. The molecule has 0 aromatic heterocycles. The lowest BCUT2D eigenvalue weighted by Gasteiger charge is -2.28. The van der Waals surface area contributed by atoms with Crippen LogP contribution < -0.4 is 10.6 Å². The second kappa shape index (κ2) is 6.08. The number of hydrogen-bond acceptors (Lipinski definition) is 3. The van der Waals surface area contributed by atoms with E-state index in [4.69, 9.17) is 5.11 Å². The molecule has 0 aromatic rings. The van der Waals surface area contributed by atoms with Crippen LogP contribution in [0.2, 0.25) is 0 Å². The highest BCUT2D eigenvalue weighted by Gasteiger charge is 2.25. The predicted octanol–water partition coefficient (Wildman–Crippen LogP) is 0.262. The lowest BCUT2D eigenvalue weighted by Crippen LogP contribution is -2.49. The maximum atomic E-state index is 11.7. The number of nitrogens with one attached hydrogen (secondary N) is 2. The second-order valence-corrected chi connectivity index (χ2v) is 4.40. The fourth-order valence-electron chi connectivity index (χ4n) is 1.94. The molecule has 0 radical (unpaired) electrons. The monoisotopic (exact) mass is 214 g/mol. The van der Waals surface area contributed by atoms with Crippen LogP contribution in [0.15, 0.2) is 0 Å². The molecule has 4 nitrogen and oxygen atoms in total. The summed E-state index contributed by atoms with van der Waals surface area (Å²) in [7, 11) is 0. The van der Waals surface area contributed by atoms with E-state index < -0.39 is 6.10 Å². The van der Waals surface area contributed by atoms with Gasteiger partial charge in [0.05, 0.1) is 12.1 Å². The molecule has 4 heteroatoms. The molecule has 1 aliphatic rings. The lowest BCUT2D eigenvalue weighted by molar-refractivity contribution is -0.124. The number of carbonyl (C=O) groups excluding carboxylic acids is 1. The Bertz CT molecular complexity index is 207. The Balaban J connectivity index is 2.32. The van der Waals surface area contributed by atoms with Crippen molar-refractivity contribution in [1.29, 1.82) is 0 Å². The Kier molecular flexibility index (Phi) is 5.05. The first-order chi connectivity index (χ1) is 7.13. The van der Waals surface area contributed by atoms with Gasteiger partial charge in [-0.25, -0.2) is 0 Å². The fraction of sp³-hybridized carbons (Fsp3) is 0.909. The van der Waals surface area contributed by atoms with Gasteiger partial charge in [-0.1, -0.05) is 13.3 Å². The molecule has 1 saturated heterocycles. The average Bonchev–Trinajstić information content (AvgIpc) is 2.26. The first kappa shape index (κ1) is 12.5. The summed E-state index contributed by atoms with van der Waals surface area (Å²) in [5.74, 6) is 0.683. The first-order valence-electron chi connectivity index (χ1n) is 5.82. The second-order valence-electron chi connectivity index (χ2n) is 4.40. The number of rotatable bonds is 4. The Hall–Kier alpha value is -0.610. The molecule has 1 fully saturated rings. The van der Waals surface area contributed by atoms with Crippen LogP contribution in [0.25, 0.3) is 0 Å². The van der Waals surface area contributed by atoms with Crippen LogP contribution in [0.3, 0.4) is 0 Å². The van der Waals surface area contributed by atoms with Gasteiger partial charge in [0.2, 0.25) is 5.91 Å². The van der Waals surface area contributed by atoms with Crippen LogP contribution in [0.5, 0.6) is 0 Å². The third kappa shape index (κ3) is 4.18. The number of aliphatic hydroxyl groups excluding tert-OH is 1. The van der Waals surface area contributed by atoms with Crippen molar-refractivity contribution in [3.05, 3.63) is 0 Å². The highest BCUT2D eigenvalue weighted by molar-refractivity contribution is 5.81. The molecule has 2 unspecified atom stereocenters. The summed E-state index contributed by atoms with van der Waals surface area (Å²) in [6, 6.07) is -0.0672. The number of amides is 1. The zero-order valence-corrected chi connectivity index (χ0v) is 9.62. The largest absolute Gasteiger partial charge is 0.392 e. The molecule has 0 saturated carbocycles. The van der Waals surface area contributed by atoms with E-state index in [0.717, 1.165) is 25.8 Å². The van der Waals surface area contributed by atoms with Gasteiger partial charge in [-0.05, 0) is 32.2 Å². The molecule has 0 aliphatic carbocycles. The number of carbonyl (C=O) groups is 1. The number of hydrogen-bond donors (Lipinski definition) is 3. The Morgan fingerprint density at radius 2 is 2.40 bits per heavy atom. The normalized spacial score (nSPS) is 28.5. The van der Waals surface area contributed by atoms with Crippen molar-refractivity contribution in [2.75, 3.05) is 13.1 Å². The highest BCUT2D eigenvalue weighted by atomic mass is 16.3. The minimum absolute atomic E-state index is 0.0223. The van der Waals surface area contributed by atoms with Crippen LogP contribution in [0, 0.1) is 5.92 Å². The van der Waals surface area contributed by atoms with Crippen molar-refractivity contribution in [2.24, 2.45) is 5.92 Å². The third-order valence-electron chi connectivity index (χ3n) is 2.98. The summed E-state index contributed by atoms with van der Waals surface area (Å²) in [5.41, 5.74) is 0. The molecule has 1 amide bonds. The molecule has 1 rings (SSSR count). The van der Waals surface area contributed by atoms with Crippen molar-refractivity contribution in [1.82, 2.24) is 10.6 Å². The summed E-state index contributed by atoms with van der Waals surface area (Å²) < 4.78 is 0. The lowest BCUT2D eigenvalue weighted by atomic mass is 9.90. The summed E-state index contributed by atoms with van der Waals surface area (Å²) in [5, 5.41) is 15.0. The van der Waals surface area contributed by atoms with Crippen molar-refractivity contribution >= 4 is 5.91 Å². The van der Waals surface area contributed by atoms with Crippen LogP contribution in [-0.4, -0.2) is 36.2 Å². The van der Waals surface area contributed by atoms with E-state index in [-0.39, 0.29) is 11.9 Å². The van der Waals surface area contributed by atoms with Gasteiger partial charge in [0.1, 0.15) is 0 Å². The predicted molar refractivity (Wildman–Crippen MR) is 59.5 cm³/mol. The zero-order chi connectivity index (χ0) is 11.3. The molecule has 3 N–H and O–H groups in total. The molecule has 0 spiro atoms. The highest BCUT2D eigenvalue weighted by Crippen LogP contribution is 2.19. The van der Waals surface area contributed by atoms with E-state index in [0.29, 0.717) is 12.5 Å². The van der Waals surface area contributed by atoms with Crippen molar-refractivity contribution in [3.63, 3.8) is 0 Å². The van der Waals surface area contributed by atoms with E-state index in [9.17, 15) is 4.79 Å². The van der Waals surface area contributed by atoms with E-state index in [2.05, 4.69) is 17.6 Å². The third-order valence-corrected chi connectivity index (χ3v) is 2.98. The molecular weight excluding hydrogens is 192 g/mol. The first-order valence-corrected chi connectivity index (χ1v) is 5.82. The summed E-state index contributed by atoms with van der Waals surface area (Å²) >= 11 is 0. The minimum Gasteiger partial charge on any atom is -0.392 e. The van der Waals surface area contributed by atoms with E-state index in [1.54, 1.807) is 6.92 Å². The maximum Gasteiger partial charge on any atom is 0.237 e. The molecule has 3 atom stereocenters. The SMILES string of the molecule is CCC1CCNC(C(=O)NC[C@H](C)O)C1. The number of aliphatic hydroxyl groups is 1. The quantitative estimate of drug-likeness (QED) is 0.629. The Morgan fingerprint density at radius 1 is 1.67 bits per heavy atom. The minimum atomic E-state index is -0.473. The maximum absolute atomic E-state index is 11.7. The topological polar surface area (TPSA) is 61.4 Å². The molecule has 1 heterocycles. The van der Waals surface area contributed by atoms with Gasteiger partial charge in [0.25, 0.3) is 0 Å². The van der Waals surface area contributed by atoms with Gasteiger partial charge >= 0.3 is 0 Å². The standard InChI is InChI=1S/C11H22N2O2/c1-3-9-4-5-12-10(6-9)11(15)13-7-8(2)14/h8-10,12,14H,3-7H2,1-2H3,(H,13,15)/t8-,9?,10?/m0/s1. The molecule has 15 heavy (non-hydrogen) atoms. The van der Waals surface area contributed by atoms with Gasteiger partial charge < -0.3 is 15.7 Å². The van der Waals surface area contributed by atoms with Gasteiger partial charge in [-0.3, -0.25) is 4.79 Å². The van der Waals surface area contributed by atoms with Crippen LogP contribution in [0.1, 0.15) is 33.1 Å². The molecular formula is C11H22N2O2.